The van der Waals surface area contributed by atoms with Crippen LogP contribution in [0.15, 0.2) is 48.5 Å². The van der Waals surface area contributed by atoms with E-state index in [1.165, 1.54) is 0 Å². The van der Waals surface area contributed by atoms with E-state index in [-0.39, 0.29) is 5.91 Å². The fourth-order valence-corrected chi connectivity index (χ4v) is 2.15. The number of methoxy groups -OCH3 is 1. The maximum Gasteiger partial charge on any atom is 0.228 e. The Morgan fingerprint density at radius 3 is 2.52 bits per heavy atom. The summed E-state index contributed by atoms with van der Waals surface area (Å²) in [5.41, 5.74) is 1.65. The second kappa shape index (κ2) is 8.83. The Kier molecular flexibility index (Phi) is 6.48. The first-order valence-electron chi connectivity index (χ1n) is 7.87. The Bertz CT molecular complexity index is 623. The summed E-state index contributed by atoms with van der Waals surface area (Å²) in [6, 6.07) is 15.0. The minimum Gasteiger partial charge on any atom is -0.497 e. The van der Waals surface area contributed by atoms with Crippen molar-refractivity contribution in [2.75, 3.05) is 19.0 Å². The first-order valence-corrected chi connectivity index (χ1v) is 7.87. The van der Waals surface area contributed by atoms with Crippen LogP contribution >= 0.6 is 0 Å². The zero-order valence-electron chi connectivity index (χ0n) is 13.7. The maximum absolute atomic E-state index is 12.2. The van der Waals surface area contributed by atoms with Gasteiger partial charge in [0.15, 0.2) is 0 Å². The summed E-state index contributed by atoms with van der Waals surface area (Å²) in [4.78, 5) is 12.2. The number of unbranched alkanes of at least 4 members (excludes halogenated alkanes) is 1. The number of hydrogen-bond donors (Lipinski definition) is 1. The van der Waals surface area contributed by atoms with Gasteiger partial charge in [0.1, 0.15) is 11.5 Å². The highest BCUT2D eigenvalue weighted by atomic mass is 16.5. The lowest BCUT2D eigenvalue weighted by atomic mass is 10.1. The number of rotatable bonds is 8. The highest BCUT2D eigenvalue weighted by Gasteiger charge is 2.08. The van der Waals surface area contributed by atoms with Gasteiger partial charge in [0.2, 0.25) is 5.91 Å². The molecular weight excluding hydrogens is 290 g/mol. The van der Waals surface area contributed by atoms with E-state index in [1.807, 2.05) is 48.5 Å². The Balaban J connectivity index is 1.96. The van der Waals surface area contributed by atoms with Crippen LogP contribution in [0.25, 0.3) is 0 Å². The number of anilines is 1. The van der Waals surface area contributed by atoms with Gasteiger partial charge < -0.3 is 14.8 Å². The van der Waals surface area contributed by atoms with Crippen LogP contribution in [0.3, 0.4) is 0 Å². The maximum atomic E-state index is 12.2. The van der Waals surface area contributed by atoms with Gasteiger partial charge in [-0.15, -0.1) is 0 Å². The molecule has 0 saturated heterocycles. The van der Waals surface area contributed by atoms with Crippen molar-refractivity contribution < 1.29 is 14.3 Å². The van der Waals surface area contributed by atoms with Crippen LogP contribution in [-0.2, 0) is 11.2 Å². The summed E-state index contributed by atoms with van der Waals surface area (Å²) in [6.07, 6.45) is 2.38. The fourth-order valence-electron chi connectivity index (χ4n) is 2.15. The predicted octanol–water partition coefficient (Wildman–Crippen LogP) is 4.06. The lowest BCUT2D eigenvalue weighted by Crippen LogP contribution is -2.15. The summed E-state index contributed by atoms with van der Waals surface area (Å²) in [5.74, 6) is 1.43. The van der Waals surface area contributed by atoms with E-state index in [0.29, 0.717) is 24.5 Å². The van der Waals surface area contributed by atoms with E-state index in [0.717, 1.165) is 24.2 Å². The van der Waals surface area contributed by atoms with Crippen LogP contribution in [0.1, 0.15) is 25.3 Å². The van der Waals surface area contributed by atoms with Crippen LogP contribution in [-0.4, -0.2) is 19.6 Å². The summed E-state index contributed by atoms with van der Waals surface area (Å²) in [7, 11) is 1.62. The Morgan fingerprint density at radius 2 is 1.83 bits per heavy atom. The number of nitrogens with one attached hydrogen (secondary N) is 1. The van der Waals surface area contributed by atoms with Gasteiger partial charge in [0, 0.05) is 0 Å². The quantitative estimate of drug-likeness (QED) is 0.748. The lowest BCUT2D eigenvalue weighted by molar-refractivity contribution is -0.115. The van der Waals surface area contributed by atoms with Gasteiger partial charge in [-0.2, -0.15) is 0 Å². The van der Waals surface area contributed by atoms with Gasteiger partial charge in [-0.25, -0.2) is 0 Å². The topological polar surface area (TPSA) is 47.6 Å². The van der Waals surface area contributed by atoms with Crippen LogP contribution in [0.5, 0.6) is 11.5 Å². The van der Waals surface area contributed by atoms with Crippen molar-refractivity contribution in [2.45, 2.75) is 26.2 Å². The van der Waals surface area contributed by atoms with Crippen molar-refractivity contribution in [1.29, 1.82) is 0 Å². The minimum absolute atomic E-state index is 0.0679. The van der Waals surface area contributed by atoms with Crippen LogP contribution in [0, 0.1) is 0 Å². The number of amides is 1. The molecule has 0 bridgehead atoms. The molecule has 0 fully saturated rings. The highest BCUT2D eigenvalue weighted by molar-refractivity contribution is 5.93. The zero-order valence-corrected chi connectivity index (χ0v) is 13.7. The van der Waals surface area contributed by atoms with Crippen molar-refractivity contribution in [3.05, 3.63) is 54.1 Å². The molecule has 2 aromatic carbocycles. The van der Waals surface area contributed by atoms with E-state index in [9.17, 15) is 4.79 Å². The molecule has 0 aliphatic rings. The number of para-hydroxylation sites is 2. The molecule has 0 radical (unpaired) electrons. The number of benzene rings is 2. The van der Waals surface area contributed by atoms with E-state index >= 15 is 0 Å². The van der Waals surface area contributed by atoms with Gasteiger partial charge in [0.05, 0.1) is 25.8 Å². The van der Waals surface area contributed by atoms with E-state index in [4.69, 9.17) is 9.47 Å². The summed E-state index contributed by atoms with van der Waals surface area (Å²) in [6.45, 7) is 2.77. The molecule has 0 aliphatic carbocycles. The Hall–Kier alpha value is -2.49. The van der Waals surface area contributed by atoms with Gasteiger partial charge >= 0.3 is 0 Å². The first-order chi connectivity index (χ1) is 11.2. The third kappa shape index (κ3) is 5.33. The van der Waals surface area contributed by atoms with Crippen LogP contribution in [0.4, 0.5) is 5.69 Å². The molecule has 4 nitrogen and oxygen atoms in total. The first kappa shape index (κ1) is 16.9. The lowest BCUT2D eigenvalue weighted by Gasteiger charge is -2.12. The monoisotopic (exact) mass is 313 g/mol. The Labute approximate surface area is 137 Å². The number of hydrogen-bond acceptors (Lipinski definition) is 3. The average molecular weight is 313 g/mol. The molecule has 1 N–H and O–H groups in total. The predicted molar refractivity (Wildman–Crippen MR) is 92.2 cm³/mol. The molecule has 2 rings (SSSR count). The number of carbonyl (C=O) groups excluding carboxylic acids is 1. The molecule has 0 unspecified atom stereocenters. The normalized spacial score (nSPS) is 10.2. The van der Waals surface area contributed by atoms with Crippen molar-refractivity contribution >= 4 is 11.6 Å². The Morgan fingerprint density at radius 1 is 1.09 bits per heavy atom. The molecule has 23 heavy (non-hydrogen) atoms. The summed E-state index contributed by atoms with van der Waals surface area (Å²) < 4.78 is 10.8. The van der Waals surface area contributed by atoms with E-state index in [2.05, 4.69) is 12.2 Å². The van der Waals surface area contributed by atoms with Crippen molar-refractivity contribution in [3.63, 3.8) is 0 Å². The average Bonchev–Trinajstić information content (AvgIpc) is 2.57. The van der Waals surface area contributed by atoms with Crippen LogP contribution < -0.4 is 14.8 Å². The molecule has 1 amide bonds. The second-order valence-corrected chi connectivity index (χ2v) is 5.27. The zero-order chi connectivity index (χ0) is 16.5. The SMILES string of the molecule is CCCCOc1ccccc1NC(=O)Cc1ccc(OC)cc1. The largest absolute Gasteiger partial charge is 0.497 e. The smallest absolute Gasteiger partial charge is 0.228 e. The van der Waals surface area contributed by atoms with Gasteiger partial charge in [-0.1, -0.05) is 37.6 Å². The molecule has 0 aromatic heterocycles. The molecule has 2 aromatic rings. The van der Waals surface area contributed by atoms with Crippen LogP contribution in [0.2, 0.25) is 0 Å². The molecular formula is C19H23NO3. The van der Waals surface area contributed by atoms with Crippen molar-refractivity contribution in [1.82, 2.24) is 0 Å². The standard InChI is InChI=1S/C19H23NO3/c1-3-4-13-23-18-8-6-5-7-17(18)20-19(21)14-15-9-11-16(22-2)12-10-15/h5-12H,3-4,13-14H2,1-2H3,(H,20,21). The molecule has 0 aliphatic heterocycles. The molecule has 0 heterocycles. The van der Waals surface area contributed by atoms with Crippen molar-refractivity contribution in [3.8, 4) is 11.5 Å². The van der Waals surface area contributed by atoms with Gasteiger partial charge in [-0.3, -0.25) is 4.79 Å². The fraction of sp³-hybridized carbons (Fsp3) is 0.316. The van der Waals surface area contributed by atoms with Gasteiger partial charge in [0.25, 0.3) is 0 Å². The van der Waals surface area contributed by atoms with E-state index in [1.54, 1.807) is 7.11 Å². The number of ether oxygens (including phenoxy) is 2. The molecule has 0 saturated carbocycles. The molecule has 4 heteroatoms. The molecule has 0 spiro atoms. The molecule has 0 atom stereocenters. The summed E-state index contributed by atoms with van der Waals surface area (Å²) >= 11 is 0. The minimum atomic E-state index is -0.0679. The highest BCUT2D eigenvalue weighted by Crippen LogP contribution is 2.24. The van der Waals surface area contributed by atoms with E-state index < -0.39 is 0 Å². The second-order valence-electron chi connectivity index (χ2n) is 5.27. The van der Waals surface area contributed by atoms with Crippen molar-refractivity contribution in [2.24, 2.45) is 0 Å². The molecule has 122 valence electrons. The third-order valence-corrected chi connectivity index (χ3v) is 3.44. The van der Waals surface area contributed by atoms with Gasteiger partial charge in [-0.05, 0) is 36.2 Å². The third-order valence-electron chi connectivity index (χ3n) is 3.44. The summed E-state index contributed by atoms with van der Waals surface area (Å²) in [5, 5.41) is 2.92. The number of carbonyl (C=O) groups is 1.